The summed E-state index contributed by atoms with van der Waals surface area (Å²) in [7, 11) is 4.60. The first-order valence-electron chi connectivity index (χ1n) is 8.98. The lowest BCUT2D eigenvalue weighted by molar-refractivity contribution is 0.0746. The molecule has 154 valence electrons. The van der Waals surface area contributed by atoms with E-state index in [0.29, 0.717) is 46.0 Å². The van der Waals surface area contributed by atoms with E-state index in [2.05, 4.69) is 20.9 Å². The third-order valence-corrected chi connectivity index (χ3v) is 5.20. The summed E-state index contributed by atoms with van der Waals surface area (Å²) in [6, 6.07) is 8.09. The van der Waals surface area contributed by atoms with E-state index in [1.807, 2.05) is 6.92 Å². The zero-order valence-corrected chi connectivity index (χ0v) is 18.2. The number of halogens is 2. The van der Waals surface area contributed by atoms with E-state index in [4.69, 9.17) is 14.2 Å². The topological polar surface area (TPSA) is 63.8 Å². The van der Waals surface area contributed by atoms with Crippen molar-refractivity contribution < 1.29 is 23.4 Å². The lowest BCUT2D eigenvalue weighted by Crippen LogP contribution is -2.30. The first-order valence-corrected chi connectivity index (χ1v) is 9.77. The fourth-order valence-corrected chi connectivity index (χ4v) is 3.63. The Bertz CT molecular complexity index is 1050. The molecule has 3 aromatic rings. The molecule has 0 fully saturated rings. The highest BCUT2D eigenvalue weighted by Crippen LogP contribution is 2.41. The highest BCUT2D eigenvalue weighted by molar-refractivity contribution is 9.10. The van der Waals surface area contributed by atoms with Gasteiger partial charge in [0.1, 0.15) is 17.3 Å². The second-order valence-electron chi connectivity index (χ2n) is 6.34. The summed E-state index contributed by atoms with van der Waals surface area (Å²) in [6.07, 6.45) is 0. The molecule has 0 spiro atoms. The van der Waals surface area contributed by atoms with Gasteiger partial charge in [0.25, 0.3) is 5.91 Å². The molecule has 0 aliphatic heterocycles. The summed E-state index contributed by atoms with van der Waals surface area (Å²) in [5.74, 6) is 0.897. The number of aromatic amines is 1. The van der Waals surface area contributed by atoms with E-state index in [0.717, 1.165) is 4.47 Å². The van der Waals surface area contributed by atoms with Gasteiger partial charge < -0.3 is 24.1 Å². The molecular weight excluding hydrogens is 443 g/mol. The minimum atomic E-state index is -0.357. The normalized spacial score (nSPS) is 10.8. The van der Waals surface area contributed by atoms with Gasteiger partial charge >= 0.3 is 0 Å². The molecule has 6 nitrogen and oxygen atoms in total. The van der Waals surface area contributed by atoms with Gasteiger partial charge in [0.2, 0.25) is 0 Å². The number of fused-ring (bicyclic) bond motifs is 1. The molecule has 1 amide bonds. The standard InChI is InChI=1S/C21H22BrFN2O4/c1-5-25(11-12-8-13(22)6-7-15(12)23)21(26)16-9-14-17(27-2)10-18(28-3)20(29-4)19(14)24-16/h6-10,24H,5,11H2,1-4H3. The van der Waals surface area contributed by atoms with Crippen LogP contribution in [-0.4, -0.2) is 43.7 Å². The van der Waals surface area contributed by atoms with Crippen LogP contribution in [0.1, 0.15) is 23.0 Å². The van der Waals surface area contributed by atoms with Crippen molar-refractivity contribution in [2.24, 2.45) is 0 Å². The summed E-state index contributed by atoms with van der Waals surface area (Å²) in [6.45, 7) is 2.41. The second-order valence-corrected chi connectivity index (χ2v) is 7.26. The van der Waals surface area contributed by atoms with Gasteiger partial charge in [0.05, 0.1) is 26.8 Å². The number of ether oxygens (including phenoxy) is 3. The van der Waals surface area contributed by atoms with Crippen LogP contribution in [0.3, 0.4) is 0 Å². The Morgan fingerprint density at radius 3 is 2.45 bits per heavy atom. The molecule has 0 aliphatic rings. The van der Waals surface area contributed by atoms with Crippen LogP contribution in [0.25, 0.3) is 10.9 Å². The zero-order chi connectivity index (χ0) is 21.1. The lowest BCUT2D eigenvalue weighted by atomic mass is 10.2. The monoisotopic (exact) mass is 464 g/mol. The number of nitrogens with zero attached hydrogens (tertiary/aromatic N) is 1. The Labute approximate surface area is 176 Å². The number of H-pyrrole nitrogens is 1. The Morgan fingerprint density at radius 1 is 1.10 bits per heavy atom. The smallest absolute Gasteiger partial charge is 0.270 e. The van der Waals surface area contributed by atoms with E-state index in [-0.39, 0.29) is 18.3 Å². The highest BCUT2D eigenvalue weighted by atomic mass is 79.9. The summed E-state index contributed by atoms with van der Waals surface area (Å²) in [5, 5.41) is 0.693. The SMILES string of the molecule is CCN(Cc1cc(Br)ccc1F)C(=O)c1cc2c(OC)cc(OC)c(OC)c2[nH]1. The van der Waals surface area contributed by atoms with Gasteiger partial charge in [-0.25, -0.2) is 4.39 Å². The van der Waals surface area contributed by atoms with E-state index in [9.17, 15) is 9.18 Å². The highest BCUT2D eigenvalue weighted by Gasteiger charge is 2.22. The van der Waals surface area contributed by atoms with Crippen molar-refractivity contribution in [2.75, 3.05) is 27.9 Å². The van der Waals surface area contributed by atoms with Crippen molar-refractivity contribution in [1.29, 1.82) is 0 Å². The number of aromatic nitrogens is 1. The van der Waals surface area contributed by atoms with Gasteiger partial charge in [-0.3, -0.25) is 4.79 Å². The quantitative estimate of drug-likeness (QED) is 0.547. The van der Waals surface area contributed by atoms with Crippen molar-refractivity contribution in [3.8, 4) is 17.2 Å². The van der Waals surface area contributed by atoms with Crippen LogP contribution in [0, 0.1) is 5.82 Å². The van der Waals surface area contributed by atoms with Crippen LogP contribution in [0.5, 0.6) is 17.2 Å². The van der Waals surface area contributed by atoms with Gasteiger partial charge in [-0.2, -0.15) is 0 Å². The molecule has 0 aliphatic carbocycles. The number of hydrogen-bond acceptors (Lipinski definition) is 4. The number of hydrogen-bond donors (Lipinski definition) is 1. The van der Waals surface area contributed by atoms with Crippen LogP contribution < -0.4 is 14.2 Å². The third-order valence-electron chi connectivity index (χ3n) is 4.71. The van der Waals surface area contributed by atoms with Crippen LogP contribution in [0.4, 0.5) is 4.39 Å². The van der Waals surface area contributed by atoms with Crippen LogP contribution >= 0.6 is 15.9 Å². The average Bonchev–Trinajstić information content (AvgIpc) is 3.17. The van der Waals surface area contributed by atoms with Crippen LogP contribution in [0.2, 0.25) is 0 Å². The molecule has 8 heteroatoms. The van der Waals surface area contributed by atoms with Crippen LogP contribution in [-0.2, 0) is 6.54 Å². The Kier molecular flexibility index (Phi) is 6.32. The summed E-state index contributed by atoms with van der Waals surface area (Å²) >= 11 is 3.34. The minimum absolute atomic E-state index is 0.146. The Balaban J connectivity index is 2.02. The molecule has 0 atom stereocenters. The minimum Gasteiger partial charge on any atom is -0.496 e. The second kappa shape index (κ2) is 8.73. The molecule has 1 N–H and O–H groups in total. The molecule has 1 aromatic heterocycles. The largest absolute Gasteiger partial charge is 0.496 e. The van der Waals surface area contributed by atoms with Crippen molar-refractivity contribution >= 4 is 32.7 Å². The van der Waals surface area contributed by atoms with Gasteiger partial charge in [0.15, 0.2) is 11.5 Å². The fourth-order valence-electron chi connectivity index (χ4n) is 3.22. The van der Waals surface area contributed by atoms with Crippen molar-refractivity contribution in [1.82, 2.24) is 9.88 Å². The van der Waals surface area contributed by atoms with Gasteiger partial charge in [-0.15, -0.1) is 0 Å². The average molecular weight is 465 g/mol. The molecular formula is C21H22BrFN2O4. The van der Waals surface area contributed by atoms with E-state index >= 15 is 0 Å². The van der Waals surface area contributed by atoms with Crippen molar-refractivity contribution in [3.05, 3.63) is 51.9 Å². The molecule has 0 unspecified atom stereocenters. The number of nitrogens with one attached hydrogen (secondary N) is 1. The Morgan fingerprint density at radius 2 is 1.83 bits per heavy atom. The van der Waals surface area contributed by atoms with E-state index in [1.54, 1.807) is 36.3 Å². The van der Waals surface area contributed by atoms with Gasteiger partial charge in [-0.05, 0) is 31.2 Å². The van der Waals surface area contributed by atoms with E-state index in [1.165, 1.54) is 20.3 Å². The molecule has 29 heavy (non-hydrogen) atoms. The van der Waals surface area contributed by atoms with Crippen molar-refractivity contribution in [3.63, 3.8) is 0 Å². The summed E-state index contributed by atoms with van der Waals surface area (Å²) in [5.41, 5.74) is 1.38. The molecule has 0 saturated heterocycles. The molecule has 3 rings (SSSR count). The van der Waals surface area contributed by atoms with Gasteiger partial charge in [0, 0.05) is 34.6 Å². The maximum atomic E-state index is 14.2. The predicted octanol–water partition coefficient (Wildman–Crippen LogP) is 4.76. The third kappa shape index (κ3) is 4.03. The number of methoxy groups -OCH3 is 3. The maximum absolute atomic E-state index is 14.2. The Hall–Kier alpha value is -2.74. The zero-order valence-electron chi connectivity index (χ0n) is 16.6. The van der Waals surface area contributed by atoms with Crippen molar-refractivity contribution in [2.45, 2.75) is 13.5 Å². The number of benzene rings is 2. The predicted molar refractivity (Wildman–Crippen MR) is 112 cm³/mol. The number of carbonyl (C=O) groups excluding carboxylic acids is 1. The van der Waals surface area contributed by atoms with Gasteiger partial charge in [-0.1, -0.05) is 15.9 Å². The molecule has 0 radical (unpaired) electrons. The molecule has 2 aromatic carbocycles. The summed E-state index contributed by atoms with van der Waals surface area (Å²) < 4.78 is 31.2. The lowest BCUT2D eigenvalue weighted by Gasteiger charge is -2.20. The molecule has 0 bridgehead atoms. The molecule has 0 saturated carbocycles. The number of carbonyl (C=O) groups is 1. The molecule has 1 heterocycles. The first-order chi connectivity index (χ1) is 13.9. The number of amides is 1. The number of rotatable bonds is 7. The maximum Gasteiger partial charge on any atom is 0.270 e. The fraction of sp³-hybridized carbons (Fsp3) is 0.286. The summed E-state index contributed by atoms with van der Waals surface area (Å²) in [4.78, 5) is 17.8. The van der Waals surface area contributed by atoms with E-state index < -0.39 is 0 Å². The first kappa shape index (κ1) is 21.0. The van der Waals surface area contributed by atoms with Crippen LogP contribution in [0.15, 0.2) is 34.8 Å².